The van der Waals surface area contributed by atoms with Gasteiger partial charge in [-0.2, -0.15) is 4.31 Å². The van der Waals surface area contributed by atoms with Crippen molar-refractivity contribution >= 4 is 21.7 Å². The zero-order chi connectivity index (χ0) is 20.3. The second-order valence-electron chi connectivity index (χ2n) is 6.83. The molecule has 0 aromatic heterocycles. The predicted molar refractivity (Wildman–Crippen MR) is 105 cm³/mol. The molecular weight excluding hydrogens is 378 g/mol. The average Bonchev–Trinajstić information content (AvgIpc) is 2.68. The lowest BCUT2D eigenvalue weighted by Crippen LogP contribution is -2.48. The van der Waals surface area contributed by atoms with Crippen LogP contribution < -0.4 is 5.73 Å². The van der Waals surface area contributed by atoms with Crippen molar-refractivity contribution in [2.75, 3.05) is 26.2 Å². The van der Waals surface area contributed by atoms with Crippen molar-refractivity contribution in [3.63, 3.8) is 0 Å². The molecule has 1 amide bonds. The highest BCUT2D eigenvalue weighted by Gasteiger charge is 2.28. The third-order valence-electron chi connectivity index (χ3n) is 4.85. The SMILES string of the molecule is CC(=O)c1ccc(S(=O)(=O)N2CCN(Cc3cccc(C(N)=O)c3)CC2)cc1. The highest BCUT2D eigenvalue weighted by molar-refractivity contribution is 7.89. The molecule has 1 fully saturated rings. The van der Waals surface area contributed by atoms with Crippen molar-refractivity contribution in [3.8, 4) is 0 Å². The summed E-state index contributed by atoms with van der Waals surface area (Å²) in [5.74, 6) is -0.563. The number of primary amides is 1. The second kappa shape index (κ2) is 8.22. The standard InChI is InChI=1S/C20H23N3O4S/c1-15(24)17-5-7-19(8-6-17)28(26,27)23-11-9-22(10-12-23)14-16-3-2-4-18(13-16)20(21)25/h2-8,13H,9-12,14H2,1H3,(H2,21,25). The average molecular weight is 401 g/mol. The lowest BCUT2D eigenvalue weighted by atomic mass is 10.1. The van der Waals surface area contributed by atoms with E-state index in [1.807, 2.05) is 6.07 Å². The Morgan fingerprint density at radius 2 is 1.61 bits per heavy atom. The first-order chi connectivity index (χ1) is 13.3. The van der Waals surface area contributed by atoms with Gasteiger partial charge in [-0.25, -0.2) is 8.42 Å². The van der Waals surface area contributed by atoms with E-state index in [-0.39, 0.29) is 10.7 Å². The summed E-state index contributed by atoms with van der Waals surface area (Å²) in [6.07, 6.45) is 0. The number of hydrogen-bond acceptors (Lipinski definition) is 5. The minimum Gasteiger partial charge on any atom is -0.366 e. The van der Waals surface area contributed by atoms with E-state index in [1.54, 1.807) is 18.2 Å². The maximum Gasteiger partial charge on any atom is 0.248 e. The Labute approximate surface area is 164 Å². The Hall–Kier alpha value is -2.55. The largest absolute Gasteiger partial charge is 0.366 e. The molecule has 0 radical (unpaired) electrons. The molecule has 148 valence electrons. The van der Waals surface area contributed by atoms with Gasteiger partial charge in [0.25, 0.3) is 0 Å². The van der Waals surface area contributed by atoms with E-state index < -0.39 is 15.9 Å². The molecule has 1 saturated heterocycles. The number of Topliss-reactive ketones (excluding diaryl/α,β-unsaturated/α-hetero) is 1. The van der Waals surface area contributed by atoms with Gasteiger partial charge < -0.3 is 5.73 Å². The number of piperazine rings is 1. The lowest BCUT2D eigenvalue weighted by Gasteiger charge is -2.34. The van der Waals surface area contributed by atoms with Crippen LogP contribution in [0, 0.1) is 0 Å². The molecule has 0 unspecified atom stereocenters. The number of carbonyl (C=O) groups excluding carboxylic acids is 2. The van der Waals surface area contributed by atoms with E-state index in [1.165, 1.54) is 35.5 Å². The fraction of sp³-hybridized carbons (Fsp3) is 0.300. The maximum absolute atomic E-state index is 12.8. The molecular formula is C20H23N3O4S. The molecule has 0 atom stereocenters. The van der Waals surface area contributed by atoms with E-state index in [9.17, 15) is 18.0 Å². The molecule has 0 spiro atoms. The fourth-order valence-corrected chi connectivity index (χ4v) is 4.64. The van der Waals surface area contributed by atoms with Crippen LogP contribution in [0.15, 0.2) is 53.4 Å². The van der Waals surface area contributed by atoms with Crippen LogP contribution in [0.4, 0.5) is 0 Å². The normalized spacial score (nSPS) is 16.0. The zero-order valence-electron chi connectivity index (χ0n) is 15.7. The molecule has 7 nitrogen and oxygen atoms in total. The van der Waals surface area contributed by atoms with E-state index in [4.69, 9.17) is 5.73 Å². The molecule has 1 aliphatic heterocycles. The summed E-state index contributed by atoms with van der Waals surface area (Å²) in [6, 6.07) is 13.2. The summed E-state index contributed by atoms with van der Waals surface area (Å²) in [5, 5.41) is 0. The Morgan fingerprint density at radius 3 is 2.18 bits per heavy atom. The smallest absolute Gasteiger partial charge is 0.248 e. The molecule has 0 bridgehead atoms. The topological polar surface area (TPSA) is 101 Å². The quantitative estimate of drug-likeness (QED) is 0.739. The summed E-state index contributed by atoms with van der Waals surface area (Å²) in [7, 11) is -3.58. The second-order valence-corrected chi connectivity index (χ2v) is 8.76. The molecule has 0 aliphatic carbocycles. The zero-order valence-corrected chi connectivity index (χ0v) is 16.5. The van der Waals surface area contributed by atoms with Crippen LogP contribution in [-0.4, -0.2) is 55.5 Å². The number of carbonyl (C=O) groups is 2. The summed E-state index contributed by atoms with van der Waals surface area (Å²) >= 11 is 0. The predicted octanol–water partition coefficient (Wildman–Crippen LogP) is 1.49. The highest BCUT2D eigenvalue weighted by Crippen LogP contribution is 2.19. The number of amides is 1. The molecule has 0 saturated carbocycles. The number of ketones is 1. The molecule has 2 N–H and O–H groups in total. The summed E-state index contributed by atoms with van der Waals surface area (Å²) in [4.78, 5) is 25.0. The van der Waals surface area contributed by atoms with Crippen LogP contribution in [0.25, 0.3) is 0 Å². The van der Waals surface area contributed by atoms with Crippen LogP contribution in [0.2, 0.25) is 0 Å². The lowest BCUT2D eigenvalue weighted by molar-refractivity contribution is 0.0996. The van der Waals surface area contributed by atoms with Crippen molar-refractivity contribution < 1.29 is 18.0 Å². The Balaban J connectivity index is 1.63. The molecule has 1 heterocycles. The summed E-state index contributed by atoms with van der Waals surface area (Å²) in [5.41, 5.74) is 7.24. The van der Waals surface area contributed by atoms with Crippen molar-refractivity contribution in [1.82, 2.24) is 9.21 Å². The van der Waals surface area contributed by atoms with Crippen molar-refractivity contribution in [2.24, 2.45) is 5.73 Å². The van der Waals surface area contributed by atoms with Gasteiger partial charge in [-0.1, -0.05) is 24.3 Å². The third-order valence-corrected chi connectivity index (χ3v) is 6.76. The number of rotatable bonds is 6. The van der Waals surface area contributed by atoms with Crippen molar-refractivity contribution in [1.29, 1.82) is 0 Å². The first kappa shape index (κ1) is 20.2. The molecule has 2 aromatic carbocycles. The minimum absolute atomic E-state index is 0.0991. The van der Waals surface area contributed by atoms with Crippen LogP contribution in [-0.2, 0) is 16.6 Å². The molecule has 1 aliphatic rings. The van der Waals surface area contributed by atoms with Gasteiger partial charge in [0.15, 0.2) is 5.78 Å². The van der Waals surface area contributed by atoms with Gasteiger partial charge >= 0.3 is 0 Å². The Morgan fingerprint density at radius 1 is 0.964 bits per heavy atom. The molecule has 28 heavy (non-hydrogen) atoms. The maximum atomic E-state index is 12.8. The van der Waals surface area contributed by atoms with E-state index in [0.29, 0.717) is 43.9 Å². The van der Waals surface area contributed by atoms with E-state index >= 15 is 0 Å². The van der Waals surface area contributed by atoms with E-state index in [0.717, 1.165) is 5.56 Å². The van der Waals surface area contributed by atoms with Crippen molar-refractivity contribution in [3.05, 3.63) is 65.2 Å². The molecule has 2 aromatic rings. The van der Waals surface area contributed by atoms with Gasteiger partial charge in [-0.05, 0) is 36.8 Å². The van der Waals surface area contributed by atoms with Gasteiger partial charge in [0.05, 0.1) is 4.90 Å². The third kappa shape index (κ3) is 4.46. The number of sulfonamides is 1. The minimum atomic E-state index is -3.58. The van der Waals surface area contributed by atoms with Crippen LogP contribution >= 0.6 is 0 Å². The van der Waals surface area contributed by atoms with Crippen LogP contribution in [0.3, 0.4) is 0 Å². The summed E-state index contributed by atoms with van der Waals surface area (Å²) in [6.45, 7) is 4.01. The van der Waals surface area contributed by atoms with Gasteiger partial charge in [0, 0.05) is 43.9 Å². The number of nitrogens with two attached hydrogens (primary N) is 1. The fourth-order valence-electron chi connectivity index (χ4n) is 3.22. The monoisotopic (exact) mass is 401 g/mol. The summed E-state index contributed by atoms with van der Waals surface area (Å²) < 4.78 is 27.1. The number of benzene rings is 2. The highest BCUT2D eigenvalue weighted by atomic mass is 32.2. The van der Waals surface area contributed by atoms with Crippen LogP contribution in [0.5, 0.6) is 0 Å². The van der Waals surface area contributed by atoms with Gasteiger partial charge in [-0.15, -0.1) is 0 Å². The molecule has 3 rings (SSSR count). The van der Waals surface area contributed by atoms with Crippen molar-refractivity contribution in [2.45, 2.75) is 18.4 Å². The first-order valence-electron chi connectivity index (χ1n) is 8.99. The van der Waals surface area contributed by atoms with Crippen LogP contribution in [0.1, 0.15) is 33.2 Å². The first-order valence-corrected chi connectivity index (χ1v) is 10.4. The number of hydrogen-bond donors (Lipinski definition) is 1. The number of nitrogens with zero attached hydrogens (tertiary/aromatic N) is 2. The van der Waals surface area contributed by atoms with Gasteiger partial charge in [0.2, 0.25) is 15.9 Å². The molecule has 8 heteroatoms. The Bertz CT molecular complexity index is 979. The van der Waals surface area contributed by atoms with Gasteiger partial charge in [0.1, 0.15) is 0 Å². The van der Waals surface area contributed by atoms with E-state index in [2.05, 4.69) is 4.90 Å². The Kier molecular flexibility index (Phi) is 5.93. The van der Waals surface area contributed by atoms with Gasteiger partial charge in [-0.3, -0.25) is 14.5 Å².